The summed E-state index contributed by atoms with van der Waals surface area (Å²) in [6.45, 7) is 6.18. The molecule has 0 fully saturated rings. The fraction of sp³-hybridized carbons (Fsp3) is 0.650. The summed E-state index contributed by atoms with van der Waals surface area (Å²) < 4.78 is 63.3. The third-order valence-corrected chi connectivity index (χ3v) is 5.39. The molecule has 0 heterocycles. The summed E-state index contributed by atoms with van der Waals surface area (Å²) in [7, 11) is -3.45. The van der Waals surface area contributed by atoms with Crippen LogP contribution in [0.3, 0.4) is 0 Å². The molecule has 0 aliphatic heterocycles. The lowest BCUT2D eigenvalue weighted by molar-refractivity contribution is -0.131. The number of nitrogens with two attached hydrogens (primary N) is 1. The van der Waals surface area contributed by atoms with Crippen LogP contribution in [0.1, 0.15) is 45.6 Å². The van der Waals surface area contributed by atoms with Crippen LogP contribution >= 0.6 is 0 Å². The van der Waals surface area contributed by atoms with Crippen molar-refractivity contribution in [1.82, 2.24) is 4.90 Å². The first-order chi connectivity index (χ1) is 13.3. The second kappa shape index (κ2) is 11.0. The van der Waals surface area contributed by atoms with Crippen LogP contribution in [0, 0.1) is 23.4 Å². The number of nitrogens with zero attached hydrogens (tertiary/aromatic N) is 1. The lowest BCUT2D eigenvalue weighted by Crippen LogP contribution is -2.45. The lowest BCUT2D eigenvalue weighted by Gasteiger charge is -2.33. The first-order valence-electron chi connectivity index (χ1n) is 9.70. The summed E-state index contributed by atoms with van der Waals surface area (Å²) in [6, 6.07) is 0.574. The molecule has 9 heteroatoms. The van der Waals surface area contributed by atoms with Crippen molar-refractivity contribution in [3.63, 3.8) is 0 Å². The smallest absolute Gasteiger partial charge is 0.238 e. The highest BCUT2D eigenvalue weighted by molar-refractivity contribution is 7.91. The highest BCUT2D eigenvalue weighted by Gasteiger charge is 2.26. The van der Waals surface area contributed by atoms with Crippen molar-refractivity contribution in [3.8, 4) is 0 Å². The summed E-state index contributed by atoms with van der Waals surface area (Å²) in [4.78, 5) is 14.1. The fourth-order valence-corrected chi connectivity index (χ4v) is 3.86. The molecule has 1 amide bonds. The van der Waals surface area contributed by atoms with Crippen molar-refractivity contribution in [1.29, 1.82) is 0 Å². The van der Waals surface area contributed by atoms with Crippen molar-refractivity contribution >= 4 is 15.7 Å². The van der Waals surface area contributed by atoms with Crippen molar-refractivity contribution in [2.75, 3.05) is 18.6 Å². The fourth-order valence-electron chi connectivity index (χ4n) is 3.25. The normalized spacial score (nSPS) is 14.1. The third kappa shape index (κ3) is 8.74. The summed E-state index contributed by atoms with van der Waals surface area (Å²) in [6.07, 6.45) is 2.56. The highest BCUT2D eigenvalue weighted by Crippen LogP contribution is 2.19. The molecule has 5 nitrogen and oxygen atoms in total. The number of halogens is 3. The van der Waals surface area contributed by atoms with Crippen LogP contribution in [0.5, 0.6) is 0 Å². The maximum Gasteiger partial charge on any atom is 0.238 e. The predicted molar refractivity (Wildman–Crippen MR) is 108 cm³/mol. The number of carbonyl (C=O) groups excluding carboxylic acids is 1. The monoisotopic (exact) mass is 436 g/mol. The maximum atomic E-state index is 13.8. The molecule has 1 aromatic rings. The average molecular weight is 437 g/mol. The molecule has 2 atom stereocenters. The molecule has 0 spiro atoms. The van der Waals surface area contributed by atoms with Crippen LogP contribution in [-0.4, -0.2) is 49.9 Å². The van der Waals surface area contributed by atoms with Crippen molar-refractivity contribution in [2.45, 2.75) is 58.5 Å². The topological polar surface area (TPSA) is 80.5 Å². The molecule has 0 aliphatic rings. The molecule has 0 bridgehead atoms. The van der Waals surface area contributed by atoms with E-state index in [0.29, 0.717) is 31.9 Å². The van der Waals surface area contributed by atoms with Gasteiger partial charge in [-0.05, 0) is 43.2 Å². The molecule has 1 rings (SSSR count). The minimum Gasteiger partial charge on any atom is -0.339 e. The highest BCUT2D eigenvalue weighted by atomic mass is 32.2. The molecule has 0 aromatic heterocycles. The Kier molecular flexibility index (Phi) is 9.61. The van der Waals surface area contributed by atoms with Gasteiger partial charge in [0.2, 0.25) is 5.91 Å². The number of rotatable bonds is 11. The molecule has 166 valence electrons. The van der Waals surface area contributed by atoms with Gasteiger partial charge in [-0.15, -0.1) is 0 Å². The lowest BCUT2D eigenvalue weighted by atomic mass is 9.97. The number of hydrogen-bond donors (Lipinski definition) is 1. The van der Waals surface area contributed by atoms with Gasteiger partial charge in [-0.1, -0.05) is 20.8 Å². The van der Waals surface area contributed by atoms with E-state index in [1.807, 2.05) is 20.8 Å². The van der Waals surface area contributed by atoms with E-state index in [-0.39, 0.29) is 23.9 Å². The van der Waals surface area contributed by atoms with E-state index in [1.54, 1.807) is 4.90 Å². The van der Waals surface area contributed by atoms with E-state index in [4.69, 9.17) is 5.73 Å². The van der Waals surface area contributed by atoms with E-state index in [1.165, 1.54) is 0 Å². The van der Waals surface area contributed by atoms with Gasteiger partial charge >= 0.3 is 0 Å². The average Bonchev–Trinajstić information content (AvgIpc) is 2.57. The first kappa shape index (κ1) is 25.4. The first-order valence-corrected chi connectivity index (χ1v) is 11.8. The third-order valence-electron chi connectivity index (χ3n) is 4.62. The van der Waals surface area contributed by atoms with Gasteiger partial charge in [0.05, 0.1) is 0 Å². The second-order valence-corrected chi connectivity index (χ2v) is 10.1. The Morgan fingerprint density at radius 1 is 1.10 bits per heavy atom. The van der Waals surface area contributed by atoms with Gasteiger partial charge in [0.25, 0.3) is 0 Å². The minimum absolute atomic E-state index is 0.00311. The number of carbonyl (C=O) groups is 1. The molecule has 2 N–H and O–H groups in total. The van der Waals surface area contributed by atoms with E-state index in [0.717, 1.165) is 12.3 Å². The van der Waals surface area contributed by atoms with Crippen LogP contribution in [0.4, 0.5) is 13.2 Å². The number of hydrogen-bond acceptors (Lipinski definition) is 4. The van der Waals surface area contributed by atoms with Crippen LogP contribution in [0.25, 0.3) is 0 Å². The van der Waals surface area contributed by atoms with Gasteiger partial charge in [0.1, 0.15) is 11.6 Å². The van der Waals surface area contributed by atoms with E-state index >= 15 is 0 Å². The second-order valence-electron chi connectivity index (χ2n) is 7.97. The number of amides is 1. The number of sulfone groups is 1. The van der Waals surface area contributed by atoms with Gasteiger partial charge in [-0.25, -0.2) is 21.6 Å². The molecule has 1 aromatic carbocycles. The molecule has 1 unspecified atom stereocenters. The molecule has 0 saturated carbocycles. The minimum atomic E-state index is -3.45. The largest absolute Gasteiger partial charge is 0.339 e. The van der Waals surface area contributed by atoms with E-state index in [9.17, 15) is 26.4 Å². The van der Waals surface area contributed by atoms with Gasteiger partial charge in [-0.3, -0.25) is 4.79 Å². The Labute approximate surface area is 171 Å². The molecule has 0 radical (unpaired) electrons. The zero-order chi connectivity index (χ0) is 22.4. The van der Waals surface area contributed by atoms with Crippen LogP contribution < -0.4 is 5.73 Å². The maximum absolute atomic E-state index is 13.8. The Hall–Kier alpha value is -1.61. The Bertz CT molecular complexity index is 800. The van der Waals surface area contributed by atoms with E-state index < -0.39 is 45.0 Å². The molecule has 0 saturated heterocycles. The SMILES string of the molecule is CCC(CC[C@H](N)Cc1cc(F)c(F)cc1F)N(CC(C)C)C(=O)CS(C)(=O)=O. The van der Waals surface area contributed by atoms with E-state index in [2.05, 4.69) is 0 Å². The summed E-state index contributed by atoms with van der Waals surface area (Å²) in [5, 5.41) is 0. The van der Waals surface area contributed by atoms with Crippen molar-refractivity contribution in [3.05, 3.63) is 35.1 Å². The zero-order valence-corrected chi connectivity index (χ0v) is 18.2. The quantitative estimate of drug-likeness (QED) is 0.541. The van der Waals surface area contributed by atoms with Crippen molar-refractivity contribution in [2.24, 2.45) is 11.7 Å². The Morgan fingerprint density at radius 3 is 2.21 bits per heavy atom. The number of benzene rings is 1. The van der Waals surface area contributed by atoms with Crippen molar-refractivity contribution < 1.29 is 26.4 Å². The standard InChI is InChI=1S/C20H31F3N2O3S/c1-5-16(25(11-13(2)3)20(26)12-29(4,27)28)7-6-15(24)8-14-9-18(22)19(23)10-17(14)21/h9-10,13,15-16H,5-8,11-12,24H2,1-4H3/t15-,16?/m0/s1. The molecule has 0 aliphatic carbocycles. The van der Waals surface area contributed by atoms with Crippen LogP contribution in [0.15, 0.2) is 12.1 Å². The summed E-state index contributed by atoms with van der Waals surface area (Å²) >= 11 is 0. The molecule has 29 heavy (non-hydrogen) atoms. The van der Waals surface area contributed by atoms with Gasteiger partial charge in [0, 0.05) is 31.0 Å². The van der Waals surface area contributed by atoms with Gasteiger partial charge in [0.15, 0.2) is 21.5 Å². The summed E-state index contributed by atoms with van der Waals surface area (Å²) in [5.41, 5.74) is 6.06. The Balaban J connectivity index is 2.82. The van der Waals surface area contributed by atoms with Crippen LogP contribution in [-0.2, 0) is 21.1 Å². The van der Waals surface area contributed by atoms with Gasteiger partial charge in [-0.2, -0.15) is 0 Å². The molecular formula is C20H31F3N2O3S. The van der Waals surface area contributed by atoms with Crippen LogP contribution in [0.2, 0.25) is 0 Å². The summed E-state index contributed by atoms with van der Waals surface area (Å²) in [5.74, 6) is -4.08. The predicted octanol–water partition coefficient (Wildman–Crippen LogP) is 3.06. The molecular weight excluding hydrogens is 405 g/mol. The van der Waals surface area contributed by atoms with Gasteiger partial charge < -0.3 is 10.6 Å². The Morgan fingerprint density at radius 2 is 1.69 bits per heavy atom. The zero-order valence-electron chi connectivity index (χ0n) is 17.4.